The van der Waals surface area contributed by atoms with Crippen LogP contribution < -0.4 is 5.32 Å². The van der Waals surface area contributed by atoms with Gasteiger partial charge in [-0.25, -0.2) is 9.97 Å². The molecule has 22 heavy (non-hydrogen) atoms. The normalized spacial score (nSPS) is 17.1. The van der Waals surface area contributed by atoms with E-state index in [-0.39, 0.29) is 0 Å². The van der Waals surface area contributed by atoms with Crippen LogP contribution in [-0.2, 0) is 0 Å². The molecular formula is C16H23N5S. The van der Waals surface area contributed by atoms with E-state index < -0.39 is 0 Å². The summed E-state index contributed by atoms with van der Waals surface area (Å²) in [4.78, 5) is 16.1. The SMILES string of the molecule is Cc1csc(Nc2nccnc2C2CCN(C(C)C)CC2)n1. The van der Waals surface area contributed by atoms with E-state index in [0.717, 1.165) is 48.3 Å². The van der Waals surface area contributed by atoms with E-state index in [2.05, 4.69) is 39.0 Å². The summed E-state index contributed by atoms with van der Waals surface area (Å²) in [5, 5.41) is 6.27. The maximum absolute atomic E-state index is 4.61. The van der Waals surface area contributed by atoms with Gasteiger partial charge in [0.1, 0.15) is 0 Å². The highest BCUT2D eigenvalue weighted by molar-refractivity contribution is 7.13. The second-order valence-corrected chi connectivity index (χ2v) is 6.97. The van der Waals surface area contributed by atoms with E-state index >= 15 is 0 Å². The summed E-state index contributed by atoms with van der Waals surface area (Å²) in [5.41, 5.74) is 2.11. The standard InChI is InChI=1S/C16H23N5S/c1-11(2)21-8-4-13(5-9-21)14-15(18-7-6-17-14)20-16-19-12(3)10-22-16/h6-7,10-11,13H,4-5,8-9H2,1-3H3,(H,18,19,20). The Morgan fingerprint density at radius 1 is 1.23 bits per heavy atom. The second kappa shape index (κ2) is 6.71. The monoisotopic (exact) mass is 317 g/mol. The summed E-state index contributed by atoms with van der Waals surface area (Å²) in [7, 11) is 0. The molecule has 5 nitrogen and oxygen atoms in total. The zero-order chi connectivity index (χ0) is 15.5. The van der Waals surface area contributed by atoms with E-state index in [1.165, 1.54) is 0 Å². The van der Waals surface area contributed by atoms with Gasteiger partial charge < -0.3 is 10.2 Å². The third-order valence-corrected chi connectivity index (χ3v) is 5.09. The van der Waals surface area contributed by atoms with Gasteiger partial charge in [-0.05, 0) is 46.7 Å². The first kappa shape index (κ1) is 15.4. The Bertz CT molecular complexity index is 617. The minimum atomic E-state index is 0.479. The van der Waals surface area contributed by atoms with Gasteiger partial charge in [0, 0.05) is 29.7 Å². The van der Waals surface area contributed by atoms with Crippen molar-refractivity contribution < 1.29 is 0 Å². The quantitative estimate of drug-likeness (QED) is 0.934. The first-order valence-electron chi connectivity index (χ1n) is 7.87. The predicted octanol–water partition coefficient (Wildman–Crippen LogP) is 3.57. The largest absolute Gasteiger partial charge is 0.315 e. The topological polar surface area (TPSA) is 53.9 Å². The second-order valence-electron chi connectivity index (χ2n) is 6.11. The minimum Gasteiger partial charge on any atom is -0.315 e. The zero-order valence-electron chi connectivity index (χ0n) is 13.4. The van der Waals surface area contributed by atoms with Crippen molar-refractivity contribution in [2.24, 2.45) is 0 Å². The summed E-state index contributed by atoms with van der Waals surface area (Å²) in [6.45, 7) is 8.80. The summed E-state index contributed by atoms with van der Waals surface area (Å²) < 4.78 is 0. The lowest BCUT2D eigenvalue weighted by Gasteiger charge is -2.34. The van der Waals surface area contributed by atoms with Gasteiger partial charge in [0.15, 0.2) is 10.9 Å². The van der Waals surface area contributed by atoms with Crippen molar-refractivity contribution in [3.8, 4) is 0 Å². The first-order chi connectivity index (χ1) is 10.6. The molecule has 0 radical (unpaired) electrons. The summed E-state index contributed by atoms with van der Waals surface area (Å²) >= 11 is 1.61. The van der Waals surface area contributed by atoms with Crippen LogP contribution in [0.15, 0.2) is 17.8 Å². The van der Waals surface area contributed by atoms with Crippen LogP contribution in [0.1, 0.15) is 44.0 Å². The van der Waals surface area contributed by atoms with Crippen molar-refractivity contribution in [3.05, 3.63) is 29.2 Å². The summed E-state index contributed by atoms with van der Waals surface area (Å²) in [6, 6.07) is 0.624. The molecule has 2 aromatic rings. The average molecular weight is 317 g/mol. The summed E-state index contributed by atoms with van der Waals surface area (Å²) in [6.07, 6.45) is 5.82. The number of hydrogen-bond acceptors (Lipinski definition) is 6. The molecule has 0 atom stereocenters. The van der Waals surface area contributed by atoms with Gasteiger partial charge in [-0.3, -0.25) is 4.98 Å². The van der Waals surface area contributed by atoms with Crippen LogP contribution in [0.4, 0.5) is 10.9 Å². The number of aromatic nitrogens is 3. The van der Waals surface area contributed by atoms with Crippen LogP contribution in [0.5, 0.6) is 0 Å². The molecule has 6 heteroatoms. The third kappa shape index (κ3) is 3.44. The molecular weight excluding hydrogens is 294 g/mol. The molecule has 0 aromatic carbocycles. The van der Waals surface area contributed by atoms with Crippen molar-refractivity contribution in [2.75, 3.05) is 18.4 Å². The molecule has 0 unspecified atom stereocenters. The third-order valence-electron chi connectivity index (χ3n) is 4.22. The van der Waals surface area contributed by atoms with Crippen molar-refractivity contribution in [1.29, 1.82) is 0 Å². The Morgan fingerprint density at radius 2 is 1.95 bits per heavy atom. The minimum absolute atomic E-state index is 0.479. The fourth-order valence-electron chi connectivity index (χ4n) is 2.95. The number of aryl methyl sites for hydroxylation is 1. The maximum Gasteiger partial charge on any atom is 0.188 e. The van der Waals surface area contributed by atoms with Gasteiger partial charge in [-0.2, -0.15) is 0 Å². The van der Waals surface area contributed by atoms with Gasteiger partial charge in [0.05, 0.1) is 11.4 Å². The van der Waals surface area contributed by atoms with Gasteiger partial charge >= 0.3 is 0 Å². The summed E-state index contributed by atoms with van der Waals surface area (Å²) in [5.74, 6) is 1.34. The Morgan fingerprint density at radius 3 is 2.59 bits per heavy atom. The van der Waals surface area contributed by atoms with Crippen molar-refractivity contribution in [1.82, 2.24) is 19.9 Å². The fourth-order valence-corrected chi connectivity index (χ4v) is 3.63. The molecule has 1 saturated heterocycles. The van der Waals surface area contributed by atoms with Crippen LogP contribution in [0, 0.1) is 6.92 Å². The molecule has 1 aliphatic rings. The van der Waals surface area contributed by atoms with E-state index in [0.29, 0.717) is 12.0 Å². The number of thiazole rings is 1. The van der Waals surface area contributed by atoms with Gasteiger partial charge in [0.25, 0.3) is 0 Å². The number of anilines is 2. The number of hydrogen-bond donors (Lipinski definition) is 1. The lowest BCUT2D eigenvalue weighted by molar-refractivity contribution is 0.171. The number of likely N-dealkylation sites (tertiary alicyclic amines) is 1. The highest BCUT2D eigenvalue weighted by Crippen LogP contribution is 2.32. The smallest absolute Gasteiger partial charge is 0.188 e. The van der Waals surface area contributed by atoms with Crippen LogP contribution in [0.25, 0.3) is 0 Å². The zero-order valence-corrected chi connectivity index (χ0v) is 14.2. The molecule has 0 saturated carbocycles. The highest BCUT2D eigenvalue weighted by atomic mass is 32.1. The molecule has 0 bridgehead atoms. The first-order valence-corrected chi connectivity index (χ1v) is 8.75. The Kier molecular flexibility index (Phi) is 4.69. The molecule has 0 amide bonds. The van der Waals surface area contributed by atoms with Crippen LogP contribution in [0.3, 0.4) is 0 Å². The predicted molar refractivity (Wildman–Crippen MR) is 90.8 cm³/mol. The number of rotatable bonds is 4. The molecule has 3 heterocycles. The van der Waals surface area contributed by atoms with Crippen LogP contribution in [-0.4, -0.2) is 39.0 Å². The van der Waals surface area contributed by atoms with E-state index in [4.69, 9.17) is 0 Å². The molecule has 118 valence electrons. The molecule has 0 aliphatic carbocycles. The van der Waals surface area contributed by atoms with Crippen molar-refractivity contribution in [2.45, 2.75) is 45.6 Å². The lowest BCUT2D eigenvalue weighted by Crippen LogP contribution is -2.38. The number of nitrogens with zero attached hydrogens (tertiary/aromatic N) is 4. The molecule has 2 aromatic heterocycles. The van der Waals surface area contributed by atoms with Gasteiger partial charge in [-0.1, -0.05) is 0 Å². The Balaban J connectivity index is 1.74. The fraction of sp³-hybridized carbons (Fsp3) is 0.562. The van der Waals surface area contributed by atoms with Crippen LogP contribution in [0.2, 0.25) is 0 Å². The van der Waals surface area contributed by atoms with Gasteiger partial charge in [0.2, 0.25) is 0 Å². The van der Waals surface area contributed by atoms with Gasteiger partial charge in [-0.15, -0.1) is 11.3 Å². The van der Waals surface area contributed by atoms with Crippen molar-refractivity contribution >= 4 is 22.3 Å². The molecule has 1 N–H and O–H groups in total. The number of nitrogens with one attached hydrogen (secondary N) is 1. The average Bonchev–Trinajstić information content (AvgIpc) is 2.93. The molecule has 1 aliphatic heterocycles. The Hall–Kier alpha value is -1.53. The van der Waals surface area contributed by atoms with E-state index in [9.17, 15) is 0 Å². The van der Waals surface area contributed by atoms with E-state index in [1.807, 2.05) is 12.3 Å². The Labute approximate surface area is 135 Å². The van der Waals surface area contributed by atoms with E-state index in [1.54, 1.807) is 23.7 Å². The number of piperidine rings is 1. The van der Waals surface area contributed by atoms with Crippen molar-refractivity contribution in [3.63, 3.8) is 0 Å². The molecule has 1 fully saturated rings. The maximum atomic E-state index is 4.61. The molecule has 0 spiro atoms. The molecule has 3 rings (SSSR count). The van der Waals surface area contributed by atoms with Crippen LogP contribution >= 0.6 is 11.3 Å². The highest BCUT2D eigenvalue weighted by Gasteiger charge is 2.25. The lowest BCUT2D eigenvalue weighted by atomic mass is 9.92.